The third-order valence-corrected chi connectivity index (χ3v) is 2.56. The van der Waals surface area contributed by atoms with Gasteiger partial charge in [-0.25, -0.2) is 0 Å². The fourth-order valence-electron chi connectivity index (χ4n) is 1.46. The van der Waals surface area contributed by atoms with E-state index in [1.165, 1.54) is 32.1 Å². The van der Waals surface area contributed by atoms with Gasteiger partial charge in [0.15, 0.2) is 5.96 Å². The second kappa shape index (κ2) is 10.8. The molecule has 0 aliphatic rings. The van der Waals surface area contributed by atoms with E-state index in [4.69, 9.17) is 0 Å². The van der Waals surface area contributed by atoms with E-state index in [1.54, 1.807) is 0 Å². The molecule has 3 nitrogen and oxygen atoms in total. The molecular formula is C13H29N3. The monoisotopic (exact) mass is 227 g/mol. The lowest BCUT2D eigenvalue weighted by Crippen LogP contribution is -2.38. The highest BCUT2D eigenvalue weighted by Gasteiger charge is 1.97. The summed E-state index contributed by atoms with van der Waals surface area (Å²) < 4.78 is 0. The van der Waals surface area contributed by atoms with Crippen LogP contribution in [0.2, 0.25) is 0 Å². The van der Waals surface area contributed by atoms with Gasteiger partial charge in [-0.15, -0.1) is 0 Å². The number of hydrogen-bond acceptors (Lipinski definition) is 1. The van der Waals surface area contributed by atoms with E-state index in [0.29, 0.717) is 0 Å². The number of hydrogen-bond donors (Lipinski definition) is 2. The molecule has 0 aromatic carbocycles. The molecule has 0 aromatic rings. The lowest BCUT2D eigenvalue weighted by molar-refractivity contribution is 0.571. The molecule has 2 N–H and O–H groups in total. The van der Waals surface area contributed by atoms with E-state index < -0.39 is 0 Å². The molecule has 0 rings (SSSR count). The van der Waals surface area contributed by atoms with Gasteiger partial charge in [-0.05, 0) is 18.8 Å². The SMILES string of the molecule is CCCCCCNC(=NC)NCCC(C)C. The van der Waals surface area contributed by atoms with Crippen LogP contribution >= 0.6 is 0 Å². The summed E-state index contributed by atoms with van der Waals surface area (Å²) in [7, 11) is 1.83. The molecular weight excluding hydrogens is 198 g/mol. The Morgan fingerprint density at radius 1 is 1.06 bits per heavy atom. The van der Waals surface area contributed by atoms with Crippen LogP contribution in [0.5, 0.6) is 0 Å². The molecule has 3 heteroatoms. The molecule has 0 aliphatic carbocycles. The maximum absolute atomic E-state index is 4.20. The molecule has 0 unspecified atom stereocenters. The van der Waals surface area contributed by atoms with Crippen LogP contribution in [-0.4, -0.2) is 26.1 Å². The number of nitrogens with zero attached hydrogens (tertiary/aromatic N) is 1. The summed E-state index contributed by atoms with van der Waals surface area (Å²) >= 11 is 0. The number of aliphatic imine (C=N–C) groups is 1. The van der Waals surface area contributed by atoms with Crippen molar-refractivity contribution in [3.63, 3.8) is 0 Å². The largest absolute Gasteiger partial charge is 0.356 e. The summed E-state index contributed by atoms with van der Waals surface area (Å²) in [5, 5.41) is 6.67. The van der Waals surface area contributed by atoms with Crippen LogP contribution in [0.15, 0.2) is 4.99 Å². The quantitative estimate of drug-likeness (QED) is 0.380. The molecule has 0 heterocycles. The predicted octanol–water partition coefficient (Wildman–Crippen LogP) is 2.78. The molecule has 16 heavy (non-hydrogen) atoms. The molecule has 0 bridgehead atoms. The van der Waals surface area contributed by atoms with Crippen LogP contribution in [-0.2, 0) is 0 Å². The van der Waals surface area contributed by atoms with Crippen molar-refractivity contribution >= 4 is 5.96 Å². The van der Waals surface area contributed by atoms with Crippen molar-refractivity contribution in [3.8, 4) is 0 Å². The molecule has 0 aromatic heterocycles. The normalized spacial score (nSPS) is 11.9. The molecule has 0 saturated carbocycles. The Morgan fingerprint density at radius 2 is 1.75 bits per heavy atom. The van der Waals surface area contributed by atoms with Crippen LogP contribution in [0, 0.1) is 5.92 Å². The van der Waals surface area contributed by atoms with Crippen LogP contribution in [0.1, 0.15) is 52.9 Å². The number of nitrogens with one attached hydrogen (secondary N) is 2. The summed E-state index contributed by atoms with van der Waals surface area (Å²) in [6, 6.07) is 0. The predicted molar refractivity (Wildman–Crippen MR) is 73.0 cm³/mol. The lowest BCUT2D eigenvalue weighted by atomic mass is 10.1. The minimum atomic E-state index is 0.746. The zero-order valence-electron chi connectivity index (χ0n) is 11.5. The Labute approximate surface area is 101 Å². The van der Waals surface area contributed by atoms with E-state index in [9.17, 15) is 0 Å². The average Bonchev–Trinajstić information content (AvgIpc) is 2.26. The van der Waals surface area contributed by atoms with Crippen molar-refractivity contribution in [3.05, 3.63) is 0 Å². The molecule has 0 spiro atoms. The van der Waals surface area contributed by atoms with E-state index >= 15 is 0 Å². The van der Waals surface area contributed by atoms with Crippen LogP contribution < -0.4 is 10.6 Å². The smallest absolute Gasteiger partial charge is 0.190 e. The second-order valence-corrected chi connectivity index (χ2v) is 4.67. The maximum Gasteiger partial charge on any atom is 0.190 e. The molecule has 0 amide bonds. The van der Waals surface area contributed by atoms with E-state index in [-0.39, 0.29) is 0 Å². The third kappa shape index (κ3) is 9.81. The van der Waals surface area contributed by atoms with Gasteiger partial charge >= 0.3 is 0 Å². The summed E-state index contributed by atoms with van der Waals surface area (Å²) in [4.78, 5) is 4.20. The molecule has 0 fully saturated rings. The Bertz CT molecular complexity index is 176. The second-order valence-electron chi connectivity index (χ2n) is 4.67. The van der Waals surface area contributed by atoms with Gasteiger partial charge in [0.1, 0.15) is 0 Å². The van der Waals surface area contributed by atoms with Gasteiger partial charge < -0.3 is 10.6 Å². The summed E-state index contributed by atoms with van der Waals surface area (Å²) in [6.07, 6.45) is 6.37. The highest BCUT2D eigenvalue weighted by Crippen LogP contribution is 1.97. The zero-order valence-corrected chi connectivity index (χ0v) is 11.5. The van der Waals surface area contributed by atoms with Crippen molar-refractivity contribution in [1.82, 2.24) is 10.6 Å². The van der Waals surface area contributed by atoms with Gasteiger partial charge in [0.2, 0.25) is 0 Å². The van der Waals surface area contributed by atoms with E-state index in [0.717, 1.165) is 25.0 Å². The number of guanidine groups is 1. The first-order valence-corrected chi connectivity index (χ1v) is 6.65. The topological polar surface area (TPSA) is 36.4 Å². The average molecular weight is 227 g/mol. The summed E-state index contributed by atoms with van der Waals surface area (Å²) in [5.74, 6) is 1.69. The van der Waals surface area contributed by atoms with Crippen molar-refractivity contribution in [1.29, 1.82) is 0 Å². The highest BCUT2D eigenvalue weighted by atomic mass is 15.2. The lowest BCUT2D eigenvalue weighted by Gasteiger charge is -2.12. The minimum Gasteiger partial charge on any atom is -0.356 e. The Balaban J connectivity index is 3.45. The minimum absolute atomic E-state index is 0.746. The first-order chi connectivity index (χ1) is 7.70. The fraction of sp³-hybridized carbons (Fsp3) is 0.923. The van der Waals surface area contributed by atoms with Gasteiger partial charge in [-0.1, -0.05) is 40.0 Å². The standard InChI is InChI=1S/C13H29N3/c1-5-6-7-8-10-15-13(14-4)16-11-9-12(2)3/h12H,5-11H2,1-4H3,(H2,14,15,16). The van der Waals surface area contributed by atoms with Crippen LogP contribution in [0.3, 0.4) is 0 Å². The Hall–Kier alpha value is -0.730. The molecule has 0 saturated heterocycles. The van der Waals surface area contributed by atoms with Gasteiger partial charge in [0.05, 0.1) is 0 Å². The first kappa shape index (κ1) is 15.3. The zero-order chi connectivity index (χ0) is 12.2. The van der Waals surface area contributed by atoms with E-state index in [1.807, 2.05) is 7.05 Å². The fourth-order valence-corrected chi connectivity index (χ4v) is 1.46. The maximum atomic E-state index is 4.20. The van der Waals surface area contributed by atoms with Crippen LogP contribution in [0.4, 0.5) is 0 Å². The molecule has 96 valence electrons. The molecule has 0 aliphatic heterocycles. The van der Waals surface area contributed by atoms with Gasteiger partial charge in [-0.2, -0.15) is 0 Å². The third-order valence-electron chi connectivity index (χ3n) is 2.56. The van der Waals surface area contributed by atoms with Crippen molar-refractivity contribution < 1.29 is 0 Å². The highest BCUT2D eigenvalue weighted by molar-refractivity contribution is 5.79. The van der Waals surface area contributed by atoms with Crippen molar-refractivity contribution in [2.75, 3.05) is 20.1 Å². The van der Waals surface area contributed by atoms with Gasteiger partial charge in [0, 0.05) is 20.1 Å². The summed E-state index contributed by atoms with van der Waals surface area (Å²) in [6.45, 7) is 8.75. The number of rotatable bonds is 8. The van der Waals surface area contributed by atoms with Gasteiger partial charge in [0.25, 0.3) is 0 Å². The molecule has 0 atom stereocenters. The number of unbranched alkanes of at least 4 members (excludes halogenated alkanes) is 3. The summed E-state index contributed by atoms with van der Waals surface area (Å²) in [5.41, 5.74) is 0. The Kier molecular flexibility index (Phi) is 10.3. The van der Waals surface area contributed by atoms with Crippen LogP contribution in [0.25, 0.3) is 0 Å². The van der Waals surface area contributed by atoms with Crippen molar-refractivity contribution in [2.24, 2.45) is 10.9 Å². The first-order valence-electron chi connectivity index (χ1n) is 6.65. The van der Waals surface area contributed by atoms with Crippen molar-refractivity contribution in [2.45, 2.75) is 52.9 Å². The Morgan fingerprint density at radius 3 is 2.31 bits per heavy atom. The molecule has 0 radical (unpaired) electrons. The van der Waals surface area contributed by atoms with Gasteiger partial charge in [-0.3, -0.25) is 4.99 Å². The van der Waals surface area contributed by atoms with E-state index in [2.05, 4.69) is 36.4 Å².